The van der Waals surface area contributed by atoms with Crippen LogP contribution < -0.4 is 16.0 Å². The summed E-state index contributed by atoms with van der Waals surface area (Å²) in [5.41, 5.74) is 0.149. The number of rotatable bonds is 4. The van der Waals surface area contributed by atoms with Crippen LogP contribution >= 0.6 is 0 Å². The van der Waals surface area contributed by atoms with Crippen molar-refractivity contribution >= 4 is 5.91 Å². The van der Waals surface area contributed by atoms with Crippen molar-refractivity contribution in [1.29, 1.82) is 0 Å². The maximum atomic E-state index is 11.4. The van der Waals surface area contributed by atoms with Gasteiger partial charge in [0.2, 0.25) is 5.91 Å². The maximum absolute atomic E-state index is 11.4. The zero-order chi connectivity index (χ0) is 11.3. The molecule has 0 aliphatic carbocycles. The lowest BCUT2D eigenvalue weighted by atomic mass is 10.1. The number of carbonyl (C=O) groups is 1. The third-order valence-electron chi connectivity index (χ3n) is 2.46. The first-order valence-electron chi connectivity index (χ1n) is 5.75. The summed E-state index contributed by atoms with van der Waals surface area (Å²) in [7, 11) is 0. The number of piperidine rings is 1. The Labute approximate surface area is 92.2 Å². The Hall–Kier alpha value is -0.610. The Balaban J connectivity index is 2.11. The Morgan fingerprint density at radius 2 is 2.13 bits per heavy atom. The van der Waals surface area contributed by atoms with E-state index in [1.807, 2.05) is 0 Å². The fraction of sp³-hybridized carbons (Fsp3) is 0.909. The highest BCUT2D eigenvalue weighted by molar-refractivity contribution is 5.82. The number of hydrogen-bond acceptors (Lipinski definition) is 3. The molecule has 4 heteroatoms. The molecule has 1 unspecified atom stereocenters. The average Bonchev–Trinajstić information content (AvgIpc) is 2.13. The summed E-state index contributed by atoms with van der Waals surface area (Å²) in [6.07, 6.45) is 2.04. The van der Waals surface area contributed by atoms with Crippen molar-refractivity contribution in [2.75, 3.05) is 19.6 Å². The predicted octanol–water partition coefficient (Wildman–Crippen LogP) is 0.243. The van der Waals surface area contributed by atoms with Crippen LogP contribution in [0.5, 0.6) is 0 Å². The van der Waals surface area contributed by atoms with E-state index >= 15 is 0 Å². The summed E-state index contributed by atoms with van der Waals surface area (Å²) in [5.74, 6) is 0.150. The van der Waals surface area contributed by atoms with Gasteiger partial charge in [-0.25, -0.2) is 0 Å². The molecule has 0 bridgehead atoms. The van der Waals surface area contributed by atoms with E-state index < -0.39 is 0 Å². The van der Waals surface area contributed by atoms with E-state index in [1.165, 1.54) is 0 Å². The molecule has 0 spiro atoms. The fourth-order valence-corrected chi connectivity index (χ4v) is 1.65. The van der Waals surface area contributed by atoms with Gasteiger partial charge in [-0.15, -0.1) is 0 Å². The summed E-state index contributed by atoms with van der Waals surface area (Å²) >= 11 is 0. The van der Waals surface area contributed by atoms with Gasteiger partial charge in [0, 0.05) is 25.2 Å². The van der Waals surface area contributed by atoms with Crippen LogP contribution in [0, 0.1) is 0 Å². The second kappa shape index (κ2) is 5.47. The lowest BCUT2D eigenvalue weighted by molar-refractivity contribution is -0.124. The van der Waals surface area contributed by atoms with Gasteiger partial charge < -0.3 is 16.0 Å². The van der Waals surface area contributed by atoms with Crippen LogP contribution in [0.2, 0.25) is 0 Å². The zero-order valence-corrected chi connectivity index (χ0v) is 10.0. The van der Waals surface area contributed by atoms with Crippen molar-refractivity contribution in [1.82, 2.24) is 16.0 Å². The molecule has 0 aromatic carbocycles. The molecule has 0 saturated carbocycles. The zero-order valence-electron chi connectivity index (χ0n) is 10.0. The van der Waals surface area contributed by atoms with Crippen molar-refractivity contribution in [3.8, 4) is 0 Å². The molecular weight excluding hydrogens is 190 g/mol. The average molecular weight is 213 g/mol. The molecule has 1 atom stereocenters. The molecule has 1 heterocycles. The smallest absolute Gasteiger partial charge is 0.237 e. The van der Waals surface area contributed by atoms with Gasteiger partial charge in [0.25, 0.3) is 0 Å². The molecule has 1 amide bonds. The molecule has 1 fully saturated rings. The van der Waals surface area contributed by atoms with Gasteiger partial charge in [0.1, 0.15) is 0 Å². The second-order valence-electron chi connectivity index (χ2n) is 5.12. The fourth-order valence-electron chi connectivity index (χ4n) is 1.65. The second-order valence-corrected chi connectivity index (χ2v) is 5.12. The minimum Gasteiger partial charge on any atom is -0.355 e. The molecule has 1 aliphatic heterocycles. The summed E-state index contributed by atoms with van der Waals surface area (Å²) in [4.78, 5) is 11.4. The van der Waals surface area contributed by atoms with Gasteiger partial charge in [-0.2, -0.15) is 0 Å². The van der Waals surface area contributed by atoms with Crippen molar-refractivity contribution in [3.05, 3.63) is 0 Å². The topological polar surface area (TPSA) is 53.2 Å². The number of hydrogen-bond donors (Lipinski definition) is 3. The van der Waals surface area contributed by atoms with Gasteiger partial charge in [-0.1, -0.05) is 0 Å². The Morgan fingerprint density at radius 1 is 1.40 bits per heavy atom. The Morgan fingerprint density at radius 3 is 2.73 bits per heavy atom. The molecule has 0 aromatic rings. The minimum atomic E-state index is 0.0144. The standard InChI is InChI=1S/C11H23N3O/c1-11(2,3)14-8-7-12-9-5-4-6-13-10(9)15/h9,12,14H,4-8H2,1-3H3,(H,13,15). The van der Waals surface area contributed by atoms with Crippen LogP contribution in [0.1, 0.15) is 33.6 Å². The first-order valence-corrected chi connectivity index (χ1v) is 5.75. The highest BCUT2D eigenvalue weighted by Gasteiger charge is 2.20. The van der Waals surface area contributed by atoms with Crippen molar-refractivity contribution in [3.63, 3.8) is 0 Å². The number of carbonyl (C=O) groups excluding carboxylic acids is 1. The summed E-state index contributed by atoms with van der Waals surface area (Å²) < 4.78 is 0. The predicted molar refractivity (Wildman–Crippen MR) is 61.8 cm³/mol. The highest BCUT2D eigenvalue weighted by atomic mass is 16.2. The van der Waals surface area contributed by atoms with E-state index in [2.05, 4.69) is 36.7 Å². The Kier molecular flexibility index (Phi) is 4.54. The van der Waals surface area contributed by atoms with Crippen molar-refractivity contribution in [2.45, 2.75) is 45.2 Å². The van der Waals surface area contributed by atoms with E-state index in [1.54, 1.807) is 0 Å². The number of amides is 1. The van der Waals surface area contributed by atoms with Crippen LogP contribution in [0.4, 0.5) is 0 Å². The first kappa shape index (κ1) is 12.5. The van der Waals surface area contributed by atoms with E-state index in [0.717, 1.165) is 32.5 Å². The molecule has 0 radical (unpaired) electrons. The first-order chi connectivity index (χ1) is 6.99. The summed E-state index contributed by atoms with van der Waals surface area (Å²) in [5, 5.41) is 9.52. The summed E-state index contributed by atoms with van der Waals surface area (Å²) in [6, 6.07) is 0.0144. The van der Waals surface area contributed by atoms with Gasteiger partial charge in [-0.05, 0) is 33.6 Å². The van der Waals surface area contributed by atoms with E-state index in [4.69, 9.17) is 0 Å². The molecule has 0 aromatic heterocycles. The largest absolute Gasteiger partial charge is 0.355 e. The monoisotopic (exact) mass is 213 g/mol. The van der Waals surface area contributed by atoms with E-state index in [9.17, 15) is 4.79 Å². The normalized spacial score (nSPS) is 22.6. The van der Waals surface area contributed by atoms with Crippen LogP contribution in [0.3, 0.4) is 0 Å². The van der Waals surface area contributed by atoms with Crippen LogP contribution in [0.25, 0.3) is 0 Å². The number of nitrogens with one attached hydrogen (secondary N) is 3. The Bertz CT molecular complexity index is 210. The van der Waals surface area contributed by atoms with Gasteiger partial charge in [0.15, 0.2) is 0 Å². The van der Waals surface area contributed by atoms with Gasteiger partial charge in [-0.3, -0.25) is 4.79 Å². The van der Waals surface area contributed by atoms with Gasteiger partial charge >= 0.3 is 0 Å². The molecule has 1 rings (SSSR count). The lowest BCUT2D eigenvalue weighted by Crippen LogP contribution is -2.50. The molecule has 1 saturated heterocycles. The SMILES string of the molecule is CC(C)(C)NCCNC1CCCNC1=O. The lowest BCUT2D eigenvalue weighted by Gasteiger charge is -2.25. The van der Waals surface area contributed by atoms with Gasteiger partial charge in [0.05, 0.1) is 6.04 Å². The van der Waals surface area contributed by atoms with Crippen LogP contribution in [-0.2, 0) is 4.79 Å². The van der Waals surface area contributed by atoms with Crippen LogP contribution in [-0.4, -0.2) is 37.1 Å². The summed E-state index contributed by atoms with van der Waals surface area (Å²) in [6.45, 7) is 8.99. The third-order valence-corrected chi connectivity index (χ3v) is 2.46. The molecule has 88 valence electrons. The van der Waals surface area contributed by atoms with Crippen molar-refractivity contribution in [2.24, 2.45) is 0 Å². The third kappa shape index (κ3) is 5.14. The maximum Gasteiger partial charge on any atom is 0.237 e. The van der Waals surface area contributed by atoms with E-state index in [0.29, 0.717) is 0 Å². The molecule has 4 nitrogen and oxygen atoms in total. The molecular formula is C11H23N3O. The van der Waals surface area contributed by atoms with Crippen molar-refractivity contribution < 1.29 is 4.79 Å². The van der Waals surface area contributed by atoms with E-state index in [-0.39, 0.29) is 17.5 Å². The quantitative estimate of drug-likeness (QED) is 0.587. The van der Waals surface area contributed by atoms with Crippen LogP contribution in [0.15, 0.2) is 0 Å². The highest BCUT2D eigenvalue weighted by Crippen LogP contribution is 2.02. The molecule has 15 heavy (non-hydrogen) atoms. The molecule has 1 aliphatic rings. The minimum absolute atomic E-state index is 0.0144. The molecule has 3 N–H and O–H groups in total.